The highest BCUT2D eigenvalue weighted by molar-refractivity contribution is 9.10. The number of benzene rings is 1. The van der Waals surface area contributed by atoms with Crippen LogP contribution in [-0.4, -0.2) is 9.97 Å². The second-order valence-corrected chi connectivity index (χ2v) is 4.75. The Labute approximate surface area is 118 Å². The predicted octanol–water partition coefficient (Wildman–Crippen LogP) is 2.81. The van der Waals surface area contributed by atoms with Crippen molar-refractivity contribution < 1.29 is 4.74 Å². The van der Waals surface area contributed by atoms with Gasteiger partial charge in [0, 0.05) is 5.56 Å². The van der Waals surface area contributed by atoms with Crippen molar-refractivity contribution in [3.63, 3.8) is 0 Å². The van der Waals surface area contributed by atoms with E-state index in [1.807, 2.05) is 6.92 Å². The molecule has 0 radical (unpaired) electrons. The third-order valence-electron chi connectivity index (χ3n) is 2.60. The standard InChI is InChI=1S/C13H10BrN3O2/c1-7-3-9(5-15)8(2)10(4-7)19-11-12(14)16-6-17-13(11)18/h3-4,6H,1-2H3,(H,16,17,18). The molecule has 1 aromatic carbocycles. The van der Waals surface area contributed by atoms with Crippen LogP contribution in [0.5, 0.6) is 11.5 Å². The predicted molar refractivity (Wildman–Crippen MR) is 73.3 cm³/mol. The molecule has 0 fully saturated rings. The third kappa shape index (κ3) is 2.66. The summed E-state index contributed by atoms with van der Waals surface area (Å²) in [7, 11) is 0. The van der Waals surface area contributed by atoms with Gasteiger partial charge in [0.15, 0.2) is 4.60 Å². The Morgan fingerprint density at radius 3 is 2.79 bits per heavy atom. The van der Waals surface area contributed by atoms with Crippen molar-refractivity contribution in [2.45, 2.75) is 13.8 Å². The van der Waals surface area contributed by atoms with E-state index < -0.39 is 0 Å². The summed E-state index contributed by atoms with van der Waals surface area (Å²) in [5, 5.41) is 9.05. The van der Waals surface area contributed by atoms with Crippen molar-refractivity contribution in [1.82, 2.24) is 9.97 Å². The Morgan fingerprint density at radius 1 is 1.42 bits per heavy atom. The SMILES string of the molecule is Cc1cc(C#N)c(C)c(Oc2c(Br)nc[nH]c2=O)c1. The van der Waals surface area contributed by atoms with Gasteiger partial charge in [-0.2, -0.15) is 5.26 Å². The van der Waals surface area contributed by atoms with Gasteiger partial charge in [0.1, 0.15) is 5.75 Å². The van der Waals surface area contributed by atoms with Gasteiger partial charge >= 0.3 is 0 Å². The molecule has 0 aliphatic heterocycles. The molecule has 0 bridgehead atoms. The van der Waals surface area contributed by atoms with Crippen LogP contribution in [0.2, 0.25) is 0 Å². The van der Waals surface area contributed by atoms with Gasteiger partial charge in [-0.1, -0.05) is 0 Å². The summed E-state index contributed by atoms with van der Waals surface area (Å²) in [4.78, 5) is 18.0. The molecule has 1 N–H and O–H groups in total. The van der Waals surface area contributed by atoms with E-state index in [1.165, 1.54) is 6.33 Å². The summed E-state index contributed by atoms with van der Waals surface area (Å²) in [5.74, 6) is 0.538. The van der Waals surface area contributed by atoms with Crippen molar-refractivity contribution in [2.75, 3.05) is 0 Å². The fourth-order valence-corrected chi connectivity index (χ4v) is 1.97. The zero-order valence-electron chi connectivity index (χ0n) is 10.3. The molecule has 19 heavy (non-hydrogen) atoms. The van der Waals surface area contributed by atoms with Gasteiger partial charge in [-0.05, 0) is 47.5 Å². The number of nitrogens with one attached hydrogen (secondary N) is 1. The molecule has 0 saturated heterocycles. The fraction of sp³-hybridized carbons (Fsp3) is 0.154. The van der Waals surface area contributed by atoms with Gasteiger partial charge in [0.05, 0.1) is 18.0 Å². The first-order chi connectivity index (χ1) is 9.02. The second kappa shape index (κ2) is 5.24. The van der Waals surface area contributed by atoms with E-state index in [4.69, 9.17) is 10.00 Å². The summed E-state index contributed by atoms with van der Waals surface area (Å²) in [6.07, 6.45) is 1.28. The molecule has 1 aromatic heterocycles. The van der Waals surface area contributed by atoms with Gasteiger partial charge in [0.2, 0.25) is 5.75 Å². The second-order valence-electron chi connectivity index (χ2n) is 4.00. The quantitative estimate of drug-likeness (QED) is 0.863. The van der Waals surface area contributed by atoms with Crippen molar-refractivity contribution in [1.29, 1.82) is 5.26 Å². The van der Waals surface area contributed by atoms with Crippen LogP contribution in [0.15, 0.2) is 27.9 Å². The van der Waals surface area contributed by atoms with Crippen LogP contribution < -0.4 is 10.3 Å². The van der Waals surface area contributed by atoms with Gasteiger partial charge in [-0.3, -0.25) is 4.79 Å². The van der Waals surface area contributed by atoms with Crippen molar-refractivity contribution in [3.8, 4) is 17.6 Å². The average Bonchev–Trinajstić information content (AvgIpc) is 2.37. The Kier molecular flexibility index (Phi) is 3.67. The molecular formula is C13H10BrN3O2. The van der Waals surface area contributed by atoms with Crippen LogP contribution in [-0.2, 0) is 0 Å². The number of aryl methyl sites for hydroxylation is 1. The topological polar surface area (TPSA) is 78.8 Å². The largest absolute Gasteiger partial charge is 0.448 e. The number of H-pyrrole nitrogens is 1. The lowest BCUT2D eigenvalue weighted by Gasteiger charge is -2.10. The maximum absolute atomic E-state index is 11.7. The number of halogens is 1. The lowest BCUT2D eigenvalue weighted by molar-refractivity contribution is 0.463. The Morgan fingerprint density at radius 2 is 2.16 bits per heavy atom. The number of hydrogen-bond donors (Lipinski definition) is 1. The zero-order chi connectivity index (χ0) is 14.0. The summed E-state index contributed by atoms with van der Waals surface area (Å²) < 4.78 is 5.91. The molecule has 5 nitrogen and oxygen atoms in total. The summed E-state index contributed by atoms with van der Waals surface area (Å²) in [6, 6.07) is 5.64. The molecule has 2 rings (SSSR count). The molecule has 1 heterocycles. The lowest BCUT2D eigenvalue weighted by atomic mass is 10.1. The molecule has 0 aliphatic carbocycles. The van der Waals surface area contributed by atoms with E-state index >= 15 is 0 Å². The normalized spacial score (nSPS) is 10.0. The van der Waals surface area contributed by atoms with E-state index in [0.717, 1.165) is 5.56 Å². The number of aromatic nitrogens is 2. The van der Waals surface area contributed by atoms with Crippen LogP contribution >= 0.6 is 15.9 Å². The number of hydrogen-bond acceptors (Lipinski definition) is 4. The van der Waals surface area contributed by atoms with Gasteiger partial charge in [0.25, 0.3) is 5.56 Å². The molecule has 0 unspecified atom stereocenters. The molecule has 0 spiro atoms. The number of ether oxygens (including phenoxy) is 1. The highest BCUT2D eigenvalue weighted by Crippen LogP contribution is 2.29. The smallest absolute Gasteiger partial charge is 0.294 e. The molecule has 0 atom stereocenters. The molecule has 0 saturated carbocycles. The first kappa shape index (κ1) is 13.3. The third-order valence-corrected chi connectivity index (χ3v) is 3.17. The van der Waals surface area contributed by atoms with Crippen molar-refractivity contribution in [2.24, 2.45) is 0 Å². The number of aromatic amines is 1. The van der Waals surface area contributed by atoms with Gasteiger partial charge in [-0.15, -0.1) is 0 Å². The highest BCUT2D eigenvalue weighted by atomic mass is 79.9. The monoisotopic (exact) mass is 319 g/mol. The highest BCUT2D eigenvalue weighted by Gasteiger charge is 2.13. The summed E-state index contributed by atoms with van der Waals surface area (Å²) >= 11 is 3.16. The summed E-state index contributed by atoms with van der Waals surface area (Å²) in [5.41, 5.74) is 1.70. The Hall–Kier alpha value is -2.13. The number of rotatable bonds is 2. The minimum atomic E-state index is -0.388. The molecule has 6 heteroatoms. The van der Waals surface area contributed by atoms with E-state index in [1.54, 1.807) is 19.1 Å². The van der Waals surface area contributed by atoms with Crippen molar-refractivity contribution >= 4 is 15.9 Å². The minimum Gasteiger partial charge on any atom is -0.448 e. The molecule has 2 aromatic rings. The van der Waals surface area contributed by atoms with Crippen LogP contribution in [0, 0.1) is 25.2 Å². The van der Waals surface area contributed by atoms with Crippen LogP contribution in [0.1, 0.15) is 16.7 Å². The molecule has 96 valence electrons. The zero-order valence-corrected chi connectivity index (χ0v) is 11.9. The van der Waals surface area contributed by atoms with Gasteiger partial charge in [-0.25, -0.2) is 4.98 Å². The van der Waals surface area contributed by atoms with E-state index in [2.05, 4.69) is 32.0 Å². The summed E-state index contributed by atoms with van der Waals surface area (Å²) in [6.45, 7) is 3.63. The Balaban J connectivity index is 2.54. The maximum Gasteiger partial charge on any atom is 0.294 e. The van der Waals surface area contributed by atoms with Crippen LogP contribution in [0.25, 0.3) is 0 Å². The van der Waals surface area contributed by atoms with E-state index in [0.29, 0.717) is 21.5 Å². The van der Waals surface area contributed by atoms with E-state index in [9.17, 15) is 4.79 Å². The van der Waals surface area contributed by atoms with Crippen molar-refractivity contribution in [3.05, 3.63) is 50.1 Å². The van der Waals surface area contributed by atoms with E-state index in [-0.39, 0.29) is 11.3 Å². The number of nitriles is 1. The maximum atomic E-state index is 11.7. The first-order valence-electron chi connectivity index (χ1n) is 5.45. The lowest BCUT2D eigenvalue weighted by Crippen LogP contribution is -2.10. The Bertz CT molecular complexity index is 732. The van der Waals surface area contributed by atoms with Crippen LogP contribution in [0.4, 0.5) is 0 Å². The first-order valence-corrected chi connectivity index (χ1v) is 6.24. The minimum absolute atomic E-state index is 0.0695. The van der Waals surface area contributed by atoms with Gasteiger partial charge < -0.3 is 9.72 Å². The number of nitrogens with zero attached hydrogens (tertiary/aromatic N) is 2. The average molecular weight is 320 g/mol. The fourth-order valence-electron chi connectivity index (χ4n) is 1.61. The molecule has 0 aliphatic rings. The van der Waals surface area contributed by atoms with Crippen LogP contribution in [0.3, 0.4) is 0 Å². The molecule has 0 amide bonds. The molecular weight excluding hydrogens is 310 g/mol.